The van der Waals surface area contributed by atoms with E-state index in [1.54, 1.807) is 30.5 Å². The van der Waals surface area contributed by atoms with Crippen LogP contribution in [0.2, 0.25) is 0 Å². The molecule has 1 heterocycles. The highest BCUT2D eigenvalue weighted by Crippen LogP contribution is 2.15. The molecule has 0 radical (unpaired) electrons. The Balaban J connectivity index is 1.87. The van der Waals surface area contributed by atoms with Crippen LogP contribution in [0.3, 0.4) is 0 Å². The number of rotatable bonds is 9. The van der Waals surface area contributed by atoms with E-state index in [0.717, 1.165) is 5.56 Å². The van der Waals surface area contributed by atoms with E-state index in [0.29, 0.717) is 37.7 Å². The van der Waals surface area contributed by atoms with Gasteiger partial charge in [0, 0.05) is 39.1 Å². The third-order valence-corrected chi connectivity index (χ3v) is 3.85. The maximum Gasteiger partial charge on any atom is 0.387 e. The molecular formula is C20H25F2N5O2. The molecule has 29 heavy (non-hydrogen) atoms. The normalized spacial score (nSPS) is 11.3. The van der Waals surface area contributed by atoms with Crippen LogP contribution in [0.1, 0.15) is 22.8 Å². The number of ether oxygens (including phenoxy) is 1. The van der Waals surface area contributed by atoms with Crippen LogP contribution in [0, 0.1) is 0 Å². The minimum atomic E-state index is -2.84. The van der Waals surface area contributed by atoms with Crippen molar-refractivity contribution >= 4 is 11.9 Å². The van der Waals surface area contributed by atoms with Gasteiger partial charge < -0.3 is 20.3 Å². The van der Waals surface area contributed by atoms with Gasteiger partial charge in [0.05, 0.1) is 12.1 Å². The van der Waals surface area contributed by atoms with Crippen LogP contribution in [0.15, 0.2) is 53.8 Å². The van der Waals surface area contributed by atoms with Crippen molar-refractivity contribution in [2.24, 2.45) is 4.99 Å². The second kappa shape index (κ2) is 11.6. The average Bonchev–Trinajstić information content (AvgIpc) is 2.71. The van der Waals surface area contributed by atoms with E-state index in [9.17, 15) is 13.6 Å². The number of hydrogen-bond acceptors (Lipinski definition) is 4. The third kappa shape index (κ3) is 7.73. The average molecular weight is 405 g/mol. The Labute approximate surface area is 168 Å². The number of nitrogens with one attached hydrogen (secondary N) is 2. The summed E-state index contributed by atoms with van der Waals surface area (Å²) in [6, 6.07) is 9.87. The zero-order valence-corrected chi connectivity index (χ0v) is 16.4. The molecule has 1 aromatic carbocycles. The first-order valence-electron chi connectivity index (χ1n) is 9.21. The Hall–Kier alpha value is -3.23. The molecule has 2 aromatic rings. The number of pyridine rings is 1. The first-order chi connectivity index (χ1) is 14.0. The van der Waals surface area contributed by atoms with E-state index in [-0.39, 0.29) is 11.7 Å². The van der Waals surface area contributed by atoms with E-state index >= 15 is 0 Å². The molecule has 0 atom stereocenters. The second-order valence-corrected chi connectivity index (χ2v) is 6.11. The number of alkyl halides is 2. The van der Waals surface area contributed by atoms with Crippen LogP contribution in [0.5, 0.6) is 5.75 Å². The number of amides is 1. The lowest BCUT2D eigenvalue weighted by Gasteiger charge is -2.22. The fourth-order valence-corrected chi connectivity index (χ4v) is 2.53. The molecule has 0 saturated carbocycles. The van der Waals surface area contributed by atoms with E-state index in [1.165, 1.54) is 18.3 Å². The van der Waals surface area contributed by atoms with Gasteiger partial charge in [0.25, 0.3) is 5.91 Å². The van der Waals surface area contributed by atoms with Crippen molar-refractivity contribution in [2.45, 2.75) is 20.1 Å². The molecule has 0 aliphatic heterocycles. The molecular weight excluding hydrogens is 380 g/mol. The van der Waals surface area contributed by atoms with Gasteiger partial charge in [-0.2, -0.15) is 8.78 Å². The summed E-state index contributed by atoms with van der Waals surface area (Å²) in [6.07, 6.45) is 3.12. The van der Waals surface area contributed by atoms with Crippen molar-refractivity contribution in [2.75, 3.05) is 26.7 Å². The number of guanidine groups is 1. The van der Waals surface area contributed by atoms with Crippen molar-refractivity contribution < 1.29 is 18.3 Å². The fraction of sp³-hybridized carbons (Fsp3) is 0.350. The monoisotopic (exact) mass is 405 g/mol. The Bertz CT molecular complexity index is 785. The number of benzene rings is 1. The minimum Gasteiger partial charge on any atom is -0.435 e. The molecule has 0 aliphatic rings. The molecule has 2 rings (SSSR count). The summed E-state index contributed by atoms with van der Waals surface area (Å²) in [7, 11) is 1.87. The SMILES string of the molecule is CCNC(=NCCNC(=O)c1cccnc1)N(C)Cc1ccc(OC(F)F)cc1. The number of aliphatic imine (C=N–C) groups is 1. The maximum absolute atomic E-state index is 12.2. The zero-order chi connectivity index (χ0) is 21.1. The highest BCUT2D eigenvalue weighted by atomic mass is 19.3. The highest BCUT2D eigenvalue weighted by molar-refractivity contribution is 5.93. The molecule has 156 valence electrons. The van der Waals surface area contributed by atoms with Crippen molar-refractivity contribution in [3.05, 3.63) is 59.9 Å². The first-order valence-corrected chi connectivity index (χ1v) is 9.21. The predicted molar refractivity (Wildman–Crippen MR) is 107 cm³/mol. The molecule has 2 N–H and O–H groups in total. The van der Waals surface area contributed by atoms with Crippen molar-refractivity contribution in [1.29, 1.82) is 0 Å². The summed E-state index contributed by atoms with van der Waals surface area (Å²) in [5.41, 5.74) is 1.42. The number of hydrogen-bond donors (Lipinski definition) is 2. The summed E-state index contributed by atoms with van der Waals surface area (Å²) in [4.78, 5) is 22.3. The largest absolute Gasteiger partial charge is 0.435 e. The van der Waals surface area contributed by atoms with E-state index in [2.05, 4.69) is 25.3 Å². The van der Waals surface area contributed by atoms with Gasteiger partial charge in [-0.15, -0.1) is 0 Å². The molecule has 0 saturated heterocycles. The van der Waals surface area contributed by atoms with Gasteiger partial charge in [0.1, 0.15) is 5.75 Å². The molecule has 0 unspecified atom stereocenters. The van der Waals surface area contributed by atoms with Crippen LogP contribution in [-0.4, -0.2) is 55.0 Å². The molecule has 0 aliphatic carbocycles. The molecule has 1 amide bonds. The topological polar surface area (TPSA) is 78.8 Å². The fourth-order valence-electron chi connectivity index (χ4n) is 2.53. The highest BCUT2D eigenvalue weighted by Gasteiger charge is 2.09. The van der Waals surface area contributed by atoms with Crippen LogP contribution in [0.25, 0.3) is 0 Å². The molecule has 9 heteroatoms. The van der Waals surface area contributed by atoms with Crippen LogP contribution >= 0.6 is 0 Å². The number of carbonyl (C=O) groups excluding carboxylic acids is 1. The smallest absolute Gasteiger partial charge is 0.387 e. The Morgan fingerprint density at radius 1 is 1.24 bits per heavy atom. The van der Waals surface area contributed by atoms with Crippen LogP contribution in [0.4, 0.5) is 8.78 Å². The Morgan fingerprint density at radius 3 is 2.62 bits per heavy atom. The summed E-state index contributed by atoms with van der Waals surface area (Å²) in [5.74, 6) is 0.602. The van der Waals surface area contributed by atoms with Gasteiger partial charge in [0.2, 0.25) is 0 Å². The molecule has 0 bridgehead atoms. The summed E-state index contributed by atoms with van der Waals surface area (Å²) >= 11 is 0. The standard InChI is InChI=1S/C20H25F2N5O2/c1-3-24-20(26-12-11-25-18(28)16-5-4-10-23-13-16)27(2)14-15-6-8-17(9-7-15)29-19(21)22/h4-10,13,19H,3,11-12,14H2,1-2H3,(H,24,26)(H,25,28). The Kier molecular flexibility index (Phi) is 8.81. The predicted octanol–water partition coefficient (Wildman–Crippen LogP) is 2.51. The van der Waals surface area contributed by atoms with Crippen molar-refractivity contribution in [3.63, 3.8) is 0 Å². The number of carbonyl (C=O) groups is 1. The summed E-state index contributed by atoms with van der Waals surface area (Å²) in [5, 5.41) is 5.99. The maximum atomic E-state index is 12.2. The lowest BCUT2D eigenvalue weighted by molar-refractivity contribution is -0.0498. The van der Waals surface area contributed by atoms with E-state index in [1.807, 2.05) is 18.9 Å². The van der Waals surface area contributed by atoms with Crippen LogP contribution in [-0.2, 0) is 6.54 Å². The zero-order valence-electron chi connectivity index (χ0n) is 16.4. The lowest BCUT2D eigenvalue weighted by atomic mass is 10.2. The van der Waals surface area contributed by atoms with Gasteiger partial charge in [0.15, 0.2) is 5.96 Å². The molecule has 7 nitrogen and oxygen atoms in total. The van der Waals surface area contributed by atoms with Crippen LogP contribution < -0.4 is 15.4 Å². The van der Waals surface area contributed by atoms with E-state index < -0.39 is 6.61 Å². The Morgan fingerprint density at radius 2 is 2.00 bits per heavy atom. The van der Waals surface area contributed by atoms with Gasteiger partial charge in [-0.3, -0.25) is 14.8 Å². The number of aromatic nitrogens is 1. The van der Waals surface area contributed by atoms with Gasteiger partial charge in [-0.25, -0.2) is 0 Å². The van der Waals surface area contributed by atoms with Gasteiger partial charge >= 0.3 is 6.61 Å². The number of nitrogens with zero attached hydrogens (tertiary/aromatic N) is 3. The van der Waals surface area contributed by atoms with E-state index in [4.69, 9.17) is 0 Å². The van der Waals surface area contributed by atoms with Crippen molar-refractivity contribution in [3.8, 4) is 5.75 Å². The molecule has 0 spiro atoms. The summed E-state index contributed by atoms with van der Waals surface area (Å²) < 4.78 is 28.8. The third-order valence-electron chi connectivity index (χ3n) is 3.85. The van der Waals surface area contributed by atoms with Crippen molar-refractivity contribution in [1.82, 2.24) is 20.5 Å². The van der Waals surface area contributed by atoms with Gasteiger partial charge in [-0.1, -0.05) is 12.1 Å². The molecule has 0 fully saturated rings. The van der Waals surface area contributed by atoms with Gasteiger partial charge in [-0.05, 0) is 36.8 Å². The number of halogens is 2. The summed E-state index contributed by atoms with van der Waals surface area (Å²) in [6.45, 7) is 1.13. The first kappa shape index (κ1) is 22.1. The lowest BCUT2D eigenvalue weighted by Crippen LogP contribution is -2.39. The molecule has 1 aromatic heterocycles. The quantitative estimate of drug-likeness (QED) is 0.381. The second-order valence-electron chi connectivity index (χ2n) is 6.11. The minimum absolute atomic E-state index is 0.122.